The van der Waals surface area contributed by atoms with Gasteiger partial charge in [-0.2, -0.15) is 0 Å². The Kier molecular flexibility index (Phi) is 6.31. The number of nitrogens with one attached hydrogen (secondary N) is 2. The lowest BCUT2D eigenvalue weighted by Gasteiger charge is -2.08. The Morgan fingerprint density at radius 2 is 1.96 bits per heavy atom. The molecule has 28 heavy (non-hydrogen) atoms. The van der Waals surface area contributed by atoms with Gasteiger partial charge in [0, 0.05) is 23.5 Å². The van der Waals surface area contributed by atoms with Gasteiger partial charge in [0.1, 0.15) is 0 Å². The molecule has 6 nitrogen and oxygen atoms in total. The molecule has 0 aliphatic rings. The maximum atomic E-state index is 12.9. The molecule has 0 aliphatic carbocycles. The highest BCUT2D eigenvalue weighted by molar-refractivity contribution is 6.31. The third-order valence-electron chi connectivity index (χ3n) is 4.48. The van der Waals surface area contributed by atoms with E-state index < -0.39 is 5.91 Å². The molecular formula is C21H23ClN4O2. The van der Waals surface area contributed by atoms with E-state index in [9.17, 15) is 9.59 Å². The molecule has 1 aromatic carbocycles. The van der Waals surface area contributed by atoms with Gasteiger partial charge in [0.05, 0.1) is 5.52 Å². The molecule has 3 aromatic rings. The topological polar surface area (TPSA) is 75.5 Å². The van der Waals surface area contributed by atoms with Gasteiger partial charge in [0.2, 0.25) is 5.82 Å². The highest BCUT2D eigenvalue weighted by atomic mass is 35.5. The van der Waals surface area contributed by atoms with Gasteiger partial charge in [-0.15, -0.1) is 0 Å². The van der Waals surface area contributed by atoms with Crippen LogP contribution < -0.4 is 10.6 Å². The summed E-state index contributed by atoms with van der Waals surface area (Å²) in [6.45, 7) is 4.57. The van der Waals surface area contributed by atoms with E-state index in [0.717, 1.165) is 24.8 Å². The Labute approximate surface area is 168 Å². The Hall–Kier alpha value is -2.86. The molecule has 0 saturated heterocycles. The molecule has 2 amide bonds. The van der Waals surface area contributed by atoms with Gasteiger partial charge in [-0.25, -0.2) is 4.98 Å². The van der Waals surface area contributed by atoms with Crippen molar-refractivity contribution < 1.29 is 9.59 Å². The van der Waals surface area contributed by atoms with Crippen LogP contribution in [0.2, 0.25) is 5.02 Å². The molecule has 3 rings (SSSR count). The van der Waals surface area contributed by atoms with Crippen LogP contribution in [0.1, 0.15) is 52.9 Å². The summed E-state index contributed by atoms with van der Waals surface area (Å²) < 4.78 is 1.62. The number of imidazole rings is 1. The lowest BCUT2D eigenvalue weighted by molar-refractivity contribution is 0.0950. The van der Waals surface area contributed by atoms with Crippen molar-refractivity contribution in [3.8, 4) is 0 Å². The standard InChI is InChI=1S/C21H23ClN4O2/c1-3-4-6-11-23-20(27)18-17-8-5-7-12-26(17)19(25-18)21(28)24-16-13-15(22)10-9-14(16)2/h5,7-10,12-13H,3-4,6,11H2,1-2H3,(H,23,27)(H,24,28). The summed E-state index contributed by atoms with van der Waals surface area (Å²) >= 11 is 6.03. The number of aromatic nitrogens is 2. The number of anilines is 1. The van der Waals surface area contributed by atoms with Crippen LogP contribution in [0, 0.1) is 6.92 Å². The van der Waals surface area contributed by atoms with Crippen molar-refractivity contribution in [1.29, 1.82) is 0 Å². The smallest absolute Gasteiger partial charge is 0.292 e. The number of amides is 2. The van der Waals surface area contributed by atoms with E-state index in [2.05, 4.69) is 22.5 Å². The first-order chi connectivity index (χ1) is 13.5. The number of unbranched alkanes of at least 4 members (excludes halogenated alkanes) is 2. The third-order valence-corrected chi connectivity index (χ3v) is 4.72. The number of fused-ring (bicyclic) bond motifs is 1. The van der Waals surface area contributed by atoms with Crippen molar-refractivity contribution in [3.05, 3.63) is 64.7 Å². The number of pyridine rings is 1. The molecule has 2 heterocycles. The molecule has 0 unspecified atom stereocenters. The van der Waals surface area contributed by atoms with Crippen molar-refractivity contribution in [2.75, 3.05) is 11.9 Å². The lowest BCUT2D eigenvalue weighted by Crippen LogP contribution is -2.25. The van der Waals surface area contributed by atoms with E-state index >= 15 is 0 Å². The third kappa shape index (κ3) is 4.34. The fourth-order valence-corrected chi connectivity index (χ4v) is 3.10. The largest absolute Gasteiger partial charge is 0.351 e. The molecular weight excluding hydrogens is 376 g/mol. The molecule has 0 saturated carbocycles. The Balaban J connectivity index is 1.88. The number of aryl methyl sites for hydroxylation is 1. The summed E-state index contributed by atoms with van der Waals surface area (Å²) in [5.74, 6) is -0.539. The van der Waals surface area contributed by atoms with Gasteiger partial charge >= 0.3 is 0 Å². The van der Waals surface area contributed by atoms with E-state index in [-0.39, 0.29) is 17.4 Å². The van der Waals surface area contributed by atoms with Crippen LogP contribution in [0.5, 0.6) is 0 Å². The molecule has 0 bridgehead atoms. The molecule has 146 valence electrons. The highest BCUT2D eigenvalue weighted by Gasteiger charge is 2.21. The van der Waals surface area contributed by atoms with Gasteiger partial charge in [0.25, 0.3) is 11.8 Å². The van der Waals surface area contributed by atoms with Crippen molar-refractivity contribution in [1.82, 2.24) is 14.7 Å². The SMILES string of the molecule is CCCCCNC(=O)c1nc(C(=O)Nc2cc(Cl)ccc2C)n2ccccc12. The molecule has 7 heteroatoms. The molecule has 0 spiro atoms. The number of nitrogens with zero attached hydrogens (tertiary/aromatic N) is 2. The van der Waals surface area contributed by atoms with Gasteiger partial charge in [-0.3, -0.25) is 14.0 Å². The average Bonchev–Trinajstić information content (AvgIpc) is 3.08. The maximum absolute atomic E-state index is 12.9. The Morgan fingerprint density at radius 1 is 1.14 bits per heavy atom. The van der Waals surface area contributed by atoms with Crippen molar-refractivity contribution in [2.24, 2.45) is 0 Å². The first kappa shape index (κ1) is 19.9. The first-order valence-corrected chi connectivity index (χ1v) is 9.72. The van der Waals surface area contributed by atoms with Crippen LogP contribution in [0.3, 0.4) is 0 Å². The zero-order chi connectivity index (χ0) is 20.1. The van der Waals surface area contributed by atoms with Crippen molar-refractivity contribution in [3.63, 3.8) is 0 Å². The lowest BCUT2D eigenvalue weighted by atomic mass is 10.2. The number of carbonyl (C=O) groups excluding carboxylic acids is 2. The Bertz CT molecular complexity index is 1010. The fraction of sp³-hybridized carbons (Fsp3) is 0.286. The number of carbonyl (C=O) groups is 2. The summed E-state index contributed by atoms with van der Waals surface area (Å²) in [4.78, 5) is 29.8. The number of halogens is 1. The second kappa shape index (κ2) is 8.89. The summed E-state index contributed by atoms with van der Waals surface area (Å²) in [5, 5.41) is 6.24. The second-order valence-electron chi connectivity index (χ2n) is 6.62. The number of benzene rings is 1. The van der Waals surface area contributed by atoms with E-state index in [4.69, 9.17) is 11.6 Å². The molecule has 0 aliphatic heterocycles. The average molecular weight is 399 g/mol. The zero-order valence-corrected chi connectivity index (χ0v) is 16.7. The Morgan fingerprint density at radius 3 is 2.75 bits per heavy atom. The van der Waals surface area contributed by atoms with Crippen LogP contribution in [0.25, 0.3) is 5.52 Å². The highest BCUT2D eigenvalue weighted by Crippen LogP contribution is 2.21. The molecule has 0 atom stereocenters. The van der Waals surface area contributed by atoms with Crippen LogP contribution >= 0.6 is 11.6 Å². The molecule has 2 N–H and O–H groups in total. The van der Waals surface area contributed by atoms with E-state index in [1.807, 2.05) is 19.1 Å². The van der Waals surface area contributed by atoms with E-state index in [1.54, 1.807) is 34.9 Å². The minimum atomic E-state index is -0.406. The van der Waals surface area contributed by atoms with Crippen molar-refractivity contribution in [2.45, 2.75) is 33.1 Å². The fourth-order valence-electron chi connectivity index (χ4n) is 2.93. The summed E-state index contributed by atoms with van der Waals surface area (Å²) in [6.07, 6.45) is 4.76. The van der Waals surface area contributed by atoms with Gasteiger partial charge in [-0.1, -0.05) is 43.5 Å². The van der Waals surface area contributed by atoms with Crippen LogP contribution in [0.15, 0.2) is 42.6 Å². The first-order valence-electron chi connectivity index (χ1n) is 9.34. The van der Waals surface area contributed by atoms with Crippen molar-refractivity contribution >= 4 is 34.6 Å². The second-order valence-corrected chi connectivity index (χ2v) is 7.05. The molecule has 2 aromatic heterocycles. The van der Waals surface area contributed by atoms with Crippen LogP contribution in [-0.2, 0) is 0 Å². The summed E-state index contributed by atoms with van der Waals surface area (Å²) in [6, 6.07) is 10.7. The number of hydrogen-bond donors (Lipinski definition) is 2. The maximum Gasteiger partial charge on any atom is 0.292 e. The van der Waals surface area contributed by atoms with Gasteiger partial charge in [-0.05, 0) is 43.2 Å². The normalized spacial score (nSPS) is 10.8. The van der Waals surface area contributed by atoms with E-state index in [1.165, 1.54) is 0 Å². The van der Waals surface area contributed by atoms with Crippen LogP contribution in [-0.4, -0.2) is 27.7 Å². The molecule has 0 fully saturated rings. The molecule has 0 radical (unpaired) electrons. The van der Waals surface area contributed by atoms with Gasteiger partial charge in [0.15, 0.2) is 5.69 Å². The zero-order valence-electron chi connectivity index (χ0n) is 16.0. The predicted octanol–water partition coefficient (Wildman–Crippen LogP) is 4.47. The summed E-state index contributed by atoms with van der Waals surface area (Å²) in [7, 11) is 0. The monoisotopic (exact) mass is 398 g/mol. The van der Waals surface area contributed by atoms with Gasteiger partial charge < -0.3 is 10.6 Å². The quantitative estimate of drug-likeness (QED) is 0.576. The number of hydrogen-bond acceptors (Lipinski definition) is 3. The minimum absolute atomic E-state index is 0.147. The van der Waals surface area contributed by atoms with Crippen LogP contribution in [0.4, 0.5) is 5.69 Å². The minimum Gasteiger partial charge on any atom is -0.351 e. The number of rotatable bonds is 7. The summed E-state index contributed by atoms with van der Waals surface area (Å²) in [5.41, 5.74) is 2.32. The predicted molar refractivity (Wildman–Crippen MR) is 111 cm³/mol. The van der Waals surface area contributed by atoms with E-state index in [0.29, 0.717) is 22.8 Å².